The summed E-state index contributed by atoms with van der Waals surface area (Å²) in [4.78, 5) is 0. The molecule has 1 N–H and O–H groups in total. The van der Waals surface area contributed by atoms with E-state index in [1.807, 2.05) is 60.7 Å². The molecule has 124 valence electrons. The third-order valence-electron chi connectivity index (χ3n) is 4.55. The van der Waals surface area contributed by atoms with Gasteiger partial charge in [0.1, 0.15) is 0 Å². The fourth-order valence-electron chi connectivity index (χ4n) is 3.26. The summed E-state index contributed by atoms with van der Waals surface area (Å²) in [6, 6.07) is 19.0. The fraction of sp³-hybridized carbons (Fsp3) is 0.286. The summed E-state index contributed by atoms with van der Waals surface area (Å²) in [5.74, 6) is 0. The molecule has 0 atom stereocenters. The Morgan fingerprint density at radius 1 is 0.875 bits per heavy atom. The van der Waals surface area contributed by atoms with Gasteiger partial charge < -0.3 is 9.67 Å². The first kappa shape index (κ1) is 17.0. The van der Waals surface area contributed by atoms with Crippen molar-refractivity contribution < 1.29 is 9.67 Å². The molecular formula is C21H23O2P. The van der Waals surface area contributed by atoms with E-state index in [1.165, 1.54) is 12.0 Å². The highest BCUT2D eigenvalue weighted by Gasteiger charge is 2.31. The van der Waals surface area contributed by atoms with Crippen molar-refractivity contribution in [1.29, 1.82) is 0 Å². The van der Waals surface area contributed by atoms with Crippen LogP contribution in [0, 0.1) is 0 Å². The molecule has 0 aliphatic heterocycles. The number of hydrogen-bond donors (Lipinski definition) is 1. The van der Waals surface area contributed by atoms with E-state index in [-0.39, 0.29) is 6.61 Å². The third kappa shape index (κ3) is 3.47. The topological polar surface area (TPSA) is 37.3 Å². The number of benzene rings is 2. The first-order valence-corrected chi connectivity index (χ1v) is 10.3. The maximum Gasteiger partial charge on any atom is 0.176 e. The predicted octanol–water partition coefficient (Wildman–Crippen LogP) is 4.37. The van der Waals surface area contributed by atoms with E-state index >= 15 is 0 Å². The Hall–Kier alpha value is -1.85. The molecule has 1 aliphatic rings. The summed E-state index contributed by atoms with van der Waals surface area (Å²) in [6.07, 6.45) is 5.54. The monoisotopic (exact) mass is 338 g/mol. The van der Waals surface area contributed by atoms with Crippen molar-refractivity contribution in [2.24, 2.45) is 0 Å². The van der Waals surface area contributed by atoms with Gasteiger partial charge in [0.15, 0.2) is 7.14 Å². The zero-order valence-corrected chi connectivity index (χ0v) is 14.7. The van der Waals surface area contributed by atoms with Crippen molar-refractivity contribution >= 4 is 17.8 Å². The maximum atomic E-state index is 14.1. The molecule has 1 fully saturated rings. The molecule has 0 spiro atoms. The molecule has 0 saturated heterocycles. The van der Waals surface area contributed by atoms with Crippen LogP contribution in [0.2, 0.25) is 0 Å². The molecule has 2 nitrogen and oxygen atoms in total. The summed E-state index contributed by atoms with van der Waals surface area (Å²) in [7, 11) is -3.07. The molecule has 0 aromatic heterocycles. The molecule has 0 radical (unpaired) electrons. The Bertz CT molecular complexity index is 736. The standard InChI is InChI=1S/C21H23O2P/c22-17-21(16-18-10-4-1-5-11-18)24(23,19-12-6-2-7-13-19)20-14-8-3-9-15-20/h2-3,6-9,12-15,22H,1,4-5,10-11,17H2. The SMILES string of the molecule is O=P(C(=C=C1CCCCC1)CO)(c1ccccc1)c1ccccc1. The highest BCUT2D eigenvalue weighted by atomic mass is 31.2. The number of rotatable bonds is 4. The van der Waals surface area contributed by atoms with E-state index in [1.54, 1.807) is 0 Å². The Morgan fingerprint density at radius 2 is 1.38 bits per heavy atom. The zero-order valence-electron chi connectivity index (χ0n) is 13.8. The number of aliphatic hydroxyl groups is 1. The first-order chi connectivity index (χ1) is 11.7. The van der Waals surface area contributed by atoms with Crippen molar-refractivity contribution in [2.45, 2.75) is 32.1 Å². The Kier molecular flexibility index (Phi) is 5.53. The lowest BCUT2D eigenvalue weighted by molar-refractivity contribution is 0.338. The van der Waals surface area contributed by atoms with Gasteiger partial charge in [-0.2, -0.15) is 0 Å². The minimum Gasteiger partial charge on any atom is -0.391 e. The molecule has 3 heteroatoms. The quantitative estimate of drug-likeness (QED) is 0.664. The van der Waals surface area contributed by atoms with E-state index in [2.05, 4.69) is 5.73 Å². The molecule has 0 amide bonds. The van der Waals surface area contributed by atoms with Crippen LogP contribution in [0.4, 0.5) is 0 Å². The lowest BCUT2D eigenvalue weighted by Gasteiger charge is -2.21. The summed E-state index contributed by atoms with van der Waals surface area (Å²) in [6.45, 7) is -0.232. The van der Waals surface area contributed by atoms with Gasteiger partial charge in [-0.05, 0) is 31.3 Å². The minimum atomic E-state index is -3.07. The van der Waals surface area contributed by atoms with Crippen LogP contribution in [-0.4, -0.2) is 11.7 Å². The van der Waals surface area contributed by atoms with E-state index in [9.17, 15) is 9.67 Å². The molecule has 1 saturated carbocycles. The molecular weight excluding hydrogens is 315 g/mol. The van der Waals surface area contributed by atoms with Gasteiger partial charge in [-0.25, -0.2) is 0 Å². The minimum absolute atomic E-state index is 0.232. The average molecular weight is 338 g/mol. The second-order valence-corrected chi connectivity index (χ2v) is 8.97. The van der Waals surface area contributed by atoms with Crippen molar-refractivity contribution in [3.8, 4) is 0 Å². The molecule has 0 bridgehead atoms. The van der Waals surface area contributed by atoms with Crippen LogP contribution >= 0.6 is 7.14 Å². The number of aliphatic hydroxyl groups excluding tert-OH is 1. The Morgan fingerprint density at radius 3 is 1.83 bits per heavy atom. The van der Waals surface area contributed by atoms with E-state index in [0.29, 0.717) is 5.31 Å². The Balaban J connectivity index is 2.21. The van der Waals surface area contributed by atoms with Gasteiger partial charge in [0.05, 0.1) is 11.9 Å². The van der Waals surface area contributed by atoms with E-state index in [0.717, 1.165) is 36.3 Å². The highest BCUT2D eigenvalue weighted by Crippen LogP contribution is 2.51. The van der Waals surface area contributed by atoms with E-state index < -0.39 is 7.14 Å². The van der Waals surface area contributed by atoms with Crippen LogP contribution < -0.4 is 10.6 Å². The van der Waals surface area contributed by atoms with Crippen LogP contribution in [0.5, 0.6) is 0 Å². The van der Waals surface area contributed by atoms with Crippen molar-refractivity contribution in [3.63, 3.8) is 0 Å². The second-order valence-electron chi connectivity index (χ2n) is 6.17. The summed E-state index contributed by atoms with van der Waals surface area (Å²) in [5, 5.41) is 12.1. The first-order valence-electron chi connectivity index (χ1n) is 8.55. The number of hydrogen-bond acceptors (Lipinski definition) is 2. The lowest BCUT2D eigenvalue weighted by atomic mass is 9.96. The van der Waals surface area contributed by atoms with Gasteiger partial charge in [0.25, 0.3) is 0 Å². The van der Waals surface area contributed by atoms with Crippen molar-refractivity contribution in [1.82, 2.24) is 0 Å². The largest absolute Gasteiger partial charge is 0.391 e. The van der Waals surface area contributed by atoms with Crippen molar-refractivity contribution in [2.75, 3.05) is 6.61 Å². The fourth-order valence-corrected chi connectivity index (χ4v) is 5.88. The lowest BCUT2D eigenvalue weighted by Crippen LogP contribution is -2.18. The van der Waals surface area contributed by atoms with Crippen LogP contribution in [0.15, 0.2) is 77.3 Å². The van der Waals surface area contributed by atoms with Gasteiger partial charge in [-0.15, -0.1) is 5.73 Å². The summed E-state index contributed by atoms with van der Waals surface area (Å²) < 4.78 is 14.1. The maximum absolute atomic E-state index is 14.1. The van der Waals surface area contributed by atoms with Gasteiger partial charge in [-0.3, -0.25) is 0 Å². The van der Waals surface area contributed by atoms with Crippen LogP contribution in [0.25, 0.3) is 0 Å². The van der Waals surface area contributed by atoms with Crippen LogP contribution in [0.1, 0.15) is 32.1 Å². The molecule has 0 unspecified atom stereocenters. The highest BCUT2D eigenvalue weighted by molar-refractivity contribution is 7.82. The normalized spacial score (nSPS) is 15.0. The average Bonchev–Trinajstić information content (AvgIpc) is 2.67. The molecule has 2 aromatic rings. The smallest absolute Gasteiger partial charge is 0.176 e. The van der Waals surface area contributed by atoms with E-state index in [4.69, 9.17) is 0 Å². The molecule has 2 aromatic carbocycles. The Labute approximate surface area is 143 Å². The zero-order chi connectivity index (χ0) is 16.8. The van der Waals surface area contributed by atoms with Gasteiger partial charge in [0.2, 0.25) is 0 Å². The van der Waals surface area contributed by atoms with Crippen LogP contribution in [-0.2, 0) is 4.57 Å². The molecule has 24 heavy (non-hydrogen) atoms. The van der Waals surface area contributed by atoms with Gasteiger partial charge >= 0.3 is 0 Å². The predicted molar refractivity (Wildman–Crippen MR) is 100 cm³/mol. The van der Waals surface area contributed by atoms with Crippen LogP contribution in [0.3, 0.4) is 0 Å². The summed E-state index contributed by atoms with van der Waals surface area (Å²) in [5.41, 5.74) is 4.56. The molecule has 3 rings (SSSR count). The molecule has 1 aliphatic carbocycles. The molecule has 0 heterocycles. The second kappa shape index (κ2) is 7.81. The van der Waals surface area contributed by atoms with Gasteiger partial charge in [0, 0.05) is 10.6 Å². The third-order valence-corrected chi connectivity index (χ3v) is 7.61. The van der Waals surface area contributed by atoms with Crippen molar-refractivity contribution in [3.05, 3.63) is 77.3 Å². The summed E-state index contributed by atoms with van der Waals surface area (Å²) >= 11 is 0. The van der Waals surface area contributed by atoms with Gasteiger partial charge in [-0.1, -0.05) is 67.1 Å².